The molecule has 0 amide bonds. The number of hydrogen-bond acceptors (Lipinski definition) is 2. The van der Waals surface area contributed by atoms with Crippen LogP contribution in [0.1, 0.15) is 5.56 Å². The van der Waals surface area contributed by atoms with Crippen LogP contribution < -0.4 is 4.74 Å². The molecule has 0 bridgehead atoms. The second-order valence-corrected chi connectivity index (χ2v) is 3.49. The van der Waals surface area contributed by atoms with Crippen LogP contribution in [0.25, 0.3) is 0 Å². The first-order chi connectivity index (χ1) is 6.81. The van der Waals surface area contributed by atoms with Crippen LogP contribution in [0.15, 0.2) is 24.3 Å². The first-order valence-electron chi connectivity index (χ1n) is 4.66. The Bertz CT molecular complexity index is 365. The Hall–Kier alpha value is -1.46. The minimum Gasteiger partial charge on any atom is -0.493 e. The number of aliphatic hydroxyl groups is 1. The number of rotatable bonds is 1. The molecule has 1 heterocycles. The molecular weight excluding hydrogens is 176 g/mol. The summed E-state index contributed by atoms with van der Waals surface area (Å²) in [4.78, 5) is 0. The van der Waals surface area contributed by atoms with E-state index < -0.39 is 6.10 Å². The second kappa shape index (κ2) is 3.73. The van der Waals surface area contributed by atoms with Crippen molar-refractivity contribution in [3.05, 3.63) is 29.8 Å². The maximum Gasteiger partial charge on any atom is 0.122 e. The van der Waals surface area contributed by atoms with Gasteiger partial charge in [-0.25, -0.2) is 0 Å². The standard InChI is InChI=1S/C12H12O2/c1-2-11(13)10-7-9-5-3-4-6-12(9)14-8-10/h1,3-6,10-11,13H,7-8H2. The number of aliphatic hydroxyl groups excluding tert-OH is 1. The van der Waals surface area contributed by atoms with Crippen molar-refractivity contribution in [2.24, 2.45) is 5.92 Å². The molecule has 0 fully saturated rings. The minimum atomic E-state index is -0.705. The van der Waals surface area contributed by atoms with Crippen molar-refractivity contribution >= 4 is 0 Å². The Labute approximate surface area is 83.5 Å². The Morgan fingerprint density at radius 3 is 3.07 bits per heavy atom. The van der Waals surface area contributed by atoms with Gasteiger partial charge in [-0.15, -0.1) is 6.42 Å². The van der Waals surface area contributed by atoms with Crippen LogP contribution >= 0.6 is 0 Å². The fourth-order valence-corrected chi connectivity index (χ4v) is 1.69. The molecule has 1 aliphatic heterocycles. The van der Waals surface area contributed by atoms with Crippen LogP contribution in [-0.2, 0) is 6.42 Å². The predicted molar refractivity (Wildman–Crippen MR) is 54.0 cm³/mol. The summed E-state index contributed by atoms with van der Waals surface area (Å²) in [6, 6.07) is 7.85. The number of benzene rings is 1. The van der Waals surface area contributed by atoms with Gasteiger partial charge in [0.15, 0.2) is 0 Å². The average molecular weight is 188 g/mol. The third-order valence-electron chi connectivity index (χ3n) is 2.52. The SMILES string of the molecule is C#CC(O)C1COc2ccccc2C1. The topological polar surface area (TPSA) is 29.5 Å². The molecule has 0 radical (unpaired) electrons. The van der Waals surface area contributed by atoms with Crippen molar-refractivity contribution in [2.45, 2.75) is 12.5 Å². The molecule has 1 aromatic carbocycles. The molecule has 0 saturated heterocycles. The molecule has 2 heteroatoms. The van der Waals surface area contributed by atoms with E-state index in [0.29, 0.717) is 6.61 Å². The summed E-state index contributed by atoms with van der Waals surface area (Å²) < 4.78 is 5.50. The van der Waals surface area contributed by atoms with Crippen LogP contribution in [0.3, 0.4) is 0 Å². The Kier molecular flexibility index (Phi) is 2.43. The highest BCUT2D eigenvalue weighted by Crippen LogP contribution is 2.27. The van der Waals surface area contributed by atoms with Crippen LogP contribution in [0, 0.1) is 18.3 Å². The maximum atomic E-state index is 9.49. The predicted octanol–water partition coefficient (Wildman–Crippen LogP) is 1.23. The van der Waals surface area contributed by atoms with E-state index in [1.807, 2.05) is 24.3 Å². The monoisotopic (exact) mass is 188 g/mol. The summed E-state index contributed by atoms with van der Waals surface area (Å²) in [5, 5.41) is 9.49. The molecule has 1 N–H and O–H groups in total. The van der Waals surface area contributed by atoms with Gasteiger partial charge >= 0.3 is 0 Å². The normalized spacial score (nSPS) is 21.6. The molecule has 2 rings (SSSR count). The molecule has 1 aromatic rings. The largest absolute Gasteiger partial charge is 0.493 e. The summed E-state index contributed by atoms with van der Waals surface area (Å²) in [5.74, 6) is 3.27. The van der Waals surface area contributed by atoms with E-state index in [1.165, 1.54) is 0 Å². The number of ether oxygens (including phenoxy) is 1. The van der Waals surface area contributed by atoms with E-state index in [0.717, 1.165) is 17.7 Å². The van der Waals surface area contributed by atoms with Gasteiger partial charge in [0.25, 0.3) is 0 Å². The summed E-state index contributed by atoms with van der Waals surface area (Å²) in [5.41, 5.74) is 1.12. The maximum absolute atomic E-state index is 9.49. The first-order valence-corrected chi connectivity index (χ1v) is 4.66. The zero-order valence-electron chi connectivity index (χ0n) is 7.81. The highest BCUT2D eigenvalue weighted by molar-refractivity contribution is 5.35. The molecule has 14 heavy (non-hydrogen) atoms. The molecule has 0 aromatic heterocycles. The van der Waals surface area contributed by atoms with Gasteiger partial charge in [0, 0.05) is 5.92 Å². The quantitative estimate of drug-likeness (QED) is 0.672. The van der Waals surface area contributed by atoms with Crippen molar-refractivity contribution < 1.29 is 9.84 Å². The molecular formula is C12H12O2. The fourth-order valence-electron chi connectivity index (χ4n) is 1.69. The van der Waals surface area contributed by atoms with Crippen LogP contribution in [-0.4, -0.2) is 17.8 Å². The zero-order valence-corrected chi connectivity index (χ0v) is 7.81. The van der Waals surface area contributed by atoms with Gasteiger partial charge in [-0.2, -0.15) is 0 Å². The van der Waals surface area contributed by atoms with Crippen molar-refractivity contribution in [3.63, 3.8) is 0 Å². The Balaban J connectivity index is 2.18. The highest BCUT2D eigenvalue weighted by Gasteiger charge is 2.24. The third-order valence-corrected chi connectivity index (χ3v) is 2.52. The van der Waals surface area contributed by atoms with Gasteiger partial charge in [0.2, 0.25) is 0 Å². The molecule has 0 spiro atoms. The van der Waals surface area contributed by atoms with Gasteiger partial charge in [-0.1, -0.05) is 24.1 Å². The molecule has 2 atom stereocenters. The first kappa shape index (κ1) is 9.11. The van der Waals surface area contributed by atoms with Crippen molar-refractivity contribution in [1.82, 2.24) is 0 Å². The highest BCUT2D eigenvalue weighted by atomic mass is 16.5. The van der Waals surface area contributed by atoms with Crippen LogP contribution in [0.2, 0.25) is 0 Å². The molecule has 2 nitrogen and oxygen atoms in total. The lowest BCUT2D eigenvalue weighted by atomic mass is 9.92. The Morgan fingerprint density at radius 1 is 1.50 bits per heavy atom. The summed E-state index contributed by atoms with van der Waals surface area (Å²) >= 11 is 0. The van der Waals surface area contributed by atoms with Crippen molar-refractivity contribution in [2.75, 3.05) is 6.61 Å². The smallest absolute Gasteiger partial charge is 0.122 e. The van der Waals surface area contributed by atoms with Crippen molar-refractivity contribution in [3.8, 4) is 18.1 Å². The van der Waals surface area contributed by atoms with Gasteiger partial charge in [0.1, 0.15) is 11.9 Å². The Morgan fingerprint density at radius 2 is 2.29 bits per heavy atom. The van der Waals surface area contributed by atoms with E-state index in [4.69, 9.17) is 11.2 Å². The average Bonchev–Trinajstić information content (AvgIpc) is 2.27. The van der Waals surface area contributed by atoms with E-state index in [-0.39, 0.29) is 5.92 Å². The van der Waals surface area contributed by atoms with E-state index in [1.54, 1.807) is 0 Å². The lowest BCUT2D eigenvalue weighted by molar-refractivity contribution is 0.104. The van der Waals surface area contributed by atoms with Crippen LogP contribution in [0.5, 0.6) is 5.75 Å². The summed E-state index contributed by atoms with van der Waals surface area (Å²) in [7, 11) is 0. The molecule has 0 aliphatic carbocycles. The van der Waals surface area contributed by atoms with E-state index in [9.17, 15) is 5.11 Å². The molecule has 2 unspecified atom stereocenters. The number of terminal acetylenes is 1. The fraction of sp³-hybridized carbons (Fsp3) is 0.333. The van der Waals surface area contributed by atoms with Crippen LogP contribution in [0.4, 0.5) is 0 Å². The zero-order chi connectivity index (χ0) is 9.97. The van der Waals surface area contributed by atoms with Gasteiger partial charge in [-0.05, 0) is 18.1 Å². The van der Waals surface area contributed by atoms with Crippen molar-refractivity contribution in [1.29, 1.82) is 0 Å². The number of hydrogen-bond donors (Lipinski definition) is 1. The number of fused-ring (bicyclic) bond motifs is 1. The van der Waals surface area contributed by atoms with Gasteiger partial charge in [0.05, 0.1) is 6.61 Å². The van der Waals surface area contributed by atoms with E-state index >= 15 is 0 Å². The third kappa shape index (κ3) is 1.59. The van der Waals surface area contributed by atoms with Gasteiger partial charge < -0.3 is 9.84 Å². The van der Waals surface area contributed by atoms with Gasteiger partial charge in [-0.3, -0.25) is 0 Å². The minimum absolute atomic E-state index is 0.0231. The lowest BCUT2D eigenvalue weighted by Gasteiger charge is -2.26. The van der Waals surface area contributed by atoms with E-state index in [2.05, 4.69) is 5.92 Å². The molecule has 72 valence electrons. The summed E-state index contributed by atoms with van der Waals surface area (Å²) in [6.45, 7) is 0.502. The molecule has 0 saturated carbocycles. The second-order valence-electron chi connectivity index (χ2n) is 3.49. The lowest BCUT2D eigenvalue weighted by Crippen LogP contribution is -2.30. The summed E-state index contributed by atoms with van der Waals surface area (Å²) in [6.07, 6.45) is 5.26. The number of para-hydroxylation sites is 1. The molecule has 1 aliphatic rings.